The van der Waals surface area contributed by atoms with E-state index in [4.69, 9.17) is 0 Å². The number of esters is 1. The molecule has 0 aromatic carbocycles. The van der Waals surface area contributed by atoms with Gasteiger partial charge in [0.15, 0.2) is 0 Å². The maximum Gasteiger partial charge on any atom is 0.339 e. The average molecular weight is 277 g/mol. The summed E-state index contributed by atoms with van der Waals surface area (Å²) in [5, 5.41) is 6.07. The van der Waals surface area contributed by atoms with Crippen LogP contribution in [-0.4, -0.2) is 37.1 Å². The molecule has 1 aromatic rings. The maximum atomic E-state index is 11.4. The van der Waals surface area contributed by atoms with Gasteiger partial charge in [0, 0.05) is 31.7 Å². The first-order valence-electron chi connectivity index (χ1n) is 6.72. The van der Waals surface area contributed by atoms with Gasteiger partial charge in [0.2, 0.25) is 5.91 Å². The molecule has 1 aliphatic carbocycles. The molecule has 1 aliphatic rings. The van der Waals surface area contributed by atoms with E-state index in [0.29, 0.717) is 25.2 Å². The molecule has 2 rings (SSSR count). The molecule has 108 valence electrons. The molecule has 6 nitrogen and oxygen atoms in total. The van der Waals surface area contributed by atoms with Gasteiger partial charge in [0.25, 0.3) is 0 Å². The summed E-state index contributed by atoms with van der Waals surface area (Å²) in [5.41, 5.74) is 1.28. The van der Waals surface area contributed by atoms with Crippen molar-refractivity contribution in [1.82, 2.24) is 15.6 Å². The highest BCUT2D eigenvalue weighted by Crippen LogP contribution is 2.28. The van der Waals surface area contributed by atoms with Crippen LogP contribution in [0.1, 0.15) is 28.9 Å². The molecule has 0 bridgehead atoms. The van der Waals surface area contributed by atoms with Crippen molar-refractivity contribution in [2.24, 2.45) is 5.92 Å². The Morgan fingerprint density at radius 3 is 2.75 bits per heavy atom. The van der Waals surface area contributed by atoms with E-state index in [1.54, 1.807) is 12.1 Å². The molecule has 0 unspecified atom stereocenters. The third kappa shape index (κ3) is 4.31. The predicted octanol–water partition coefficient (Wildman–Crippen LogP) is 0.484. The summed E-state index contributed by atoms with van der Waals surface area (Å²) in [7, 11) is 1.34. The van der Waals surface area contributed by atoms with E-state index in [1.165, 1.54) is 13.3 Å². The first-order valence-corrected chi connectivity index (χ1v) is 6.72. The fraction of sp³-hybridized carbons (Fsp3) is 0.500. The van der Waals surface area contributed by atoms with Crippen LogP contribution in [0.5, 0.6) is 0 Å². The monoisotopic (exact) mass is 277 g/mol. The van der Waals surface area contributed by atoms with Gasteiger partial charge in [0.05, 0.1) is 18.4 Å². The van der Waals surface area contributed by atoms with Crippen LogP contribution >= 0.6 is 0 Å². The van der Waals surface area contributed by atoms with E-state index in [1.807, 2.05) is 0 Å². The lowest BCUT2D eigenvalue weighted by molar-refractivity contribution is -0.122. The van der Waals surface area contributed by atoms with Gasteiger partial charge >= 0.3 is 5.97 Å². The predicted molar refractivity (Wildman–Crippen MR) is 73.0 cm³/mol. The lowest BCUT2D eigenvalue weighted by Crippen LogP contribution is -2.32. The highest BCUT2D eigenvalue weighted by atomic mass is 16.5. The topological polar surface area (TPSA) is 80.3 Å². The smallest absolute Gasteiger partial charge is 0.339 e. The second-order valence-electron chi connectivity index (χ2n) is 4.77. The molecular formula is C14H19N3O3. The van der Waals surface area contributed by atoms with E-state index in [9.17, 15) is 9.59 Å². The van der Waals surface area contributed by atoms with Crippen molar-refractivity contribution in [3.05, 3.63) is 29.6 Å². The number of ether oxygens (including phenoxy) is 1. The van der Waals surface area contributed by atoms with Crippen LogP contribution in [0.25, 0.3) is 0 Å². The van der Waals surface area contributed by atoms with Gasteiger partial charge in [-0.2, -0.15) is 0 Å². The number of methoxy groups -OCH3 is 1. The third-order valence-corrected chi connectivity index (χ3v) is 3.10. The number of rotatable bonds is 7. The van der Waals surface area contributed by atoms with Gasteiger partial charge < -0.3 is 15.4 Å². The normalized spacial score (nSPS) is 13.8. The van der Waals surface area contributed by atoms with Crippen LogP contribution in [0, 0.1) is 5.92 Å². The number of aromatic nitrogens is 1. The van der Waals surface area contributed by atoms with E-state index in [2.05, 4.69) is 20.4 Å². The first-order chi connectivity index (χ1) is 9.70. The summed E-state index contributed by atoms with van der Waals surface area (Å²) in [6.07, 6.45) is 3.54. The molecule has 1 saturated carbocycles. The van der Waals surface area contributed by atoms with E-state index in [0.717, 1.165) is 18.5 Å². The summed E-state index contributed by atoms with van der Waals surface area (Å²) in [6, 6.07) is 3.47. The molecule has 0 radical (unpaired) electrons. The van der Waals surface area contributed by atoms with Crippen LogP contribution in [0.15, 0.2) is 18.3 Å². The summed E-state index contributed by atoms with van der Waals surface area (Å²) in [4.78, 5) is 26.8. The number of pyridine rings is 1. The fourth-order valence-electron chi connectivity index (χ4n) is 1.75. The summed E-state index contributed by atoms with van der Waals surface area (Å²) >= 11 is 0. The zero-order valence-corrected chi connectivity index (χ0v) is 11.5. The lowest BCUT2D eigenvalue weighted by Gasteiger charge is -2.06. The largest absolute Gasteiger partial charge is 0.465 e. The Labute approximate surface area is 117 Å². The Kier molecular flexibility index (Phi) is 5.06. The Balaban J connectivity index is 1.63. The fourth-order valence-corrected chi connectivity index (χ4v) is 1.75. The second-order valence-corrected chi connectivity index (χ2v) is 4.77. The van der Waals surface area contributed by atoms with E-state index in [-0.39, 0.29) is 17.8 Å². The van der Waals surface area contributed by atoms with E-state index >= 15 is 0 Å². The molecule has 0 spiro atoms. The summed E-state index contributed by atoms with van der Waals surface area (Å²) in [6.45, 7) is 1.91. The Morgan fingerprint density at radius 2 is 2.15 bits per heavy atom. The highest BCUT2D eigenvalue weighted by Gasteiger charge is 2.28. The van der Waals surface area contributed by atoms with Gasteiger partial charge in [-0.05, 0) is 25.0 Å². The van der Waals surface area contributed by atoms with Crippen molar-refractivity contribution < 1.29 is 14.3 Å². The Morgan fingerprint density at radius 1 is 1.35 bits per heavy atom. The third-order valence-electron chi connectivity index (χ3n) is 3.10. The quantitative estimate of drug-likeness (QED) is 0.560. The highest BCUT2D eigenvalue weighted by molar-refractivity contribution is 5.88. The van der Waals surface area contributed by atoms with Crippen LogP contribution in [0.2, 0.25) is 0 Å². The zero-order chi connectivity index (χ0) is 14.4. The SMILES string of the molecule is COC(=O)c1ccc(CNCCNC(=O)C2CC2)nc1. The van der Waals surface area contributed by atoms with Crippen LogP contribution in [0.4, 0.5) is 0 Å². The van der Waals surface area contributed by atoms with Gasteiger partial charge in [0.1, 0.15) is 0 Å². The minimum Gasteiger partial charge on any atom is -0.465 e. The standard InChI is InChI=1S/C14H19N3O3/c1-20-14(19)11-4-5-12(17-8-11)9-15-6-7-16-13(18)10-2-3-10/h4-5,8,10,15H,2-3,6-7,9H2,1H3,(H,16,18). The van der Waals surface area contributed by atoms with Gasteiger partial charge in [-0.25, -0.2) is 4.79 Å². The van der Waals surface area contributed by atoms with Crippen molar-refractivity contribution in [1.29, 1.82) is 0 Å². The number of nitrogens with one attached hydrogen (secondary N) is 2. The van der Waals surface area contributed by atoms with Crippen molar-refractivity contribution >= 4 is 11.9 Å². The molecule has 1 fully saturated rings. The van der Waals surface area contributed by atoms with Crippen LogP contribution in [-0.2, 0) is 16.1 Å². The Hall–Kier alpha value is -1.95. The van der Waals surface area contributed by atoms with Crippen LogP contribution < -0.4 is 10.6 Å². The van der Waals surface area contributed by atoms with E-state index < -0.39 is 0 Å². The lowest BCUT2D eigenvalue weighted by atomic mass is 10.2. The Bertz CT molecular complexity index is 469. The molecule has 1 aromatic heterocycles. The number of hydrogen-bond acceptors (Lipinski definition) is 5. The average Bonchev–Trinajstić information content (AvgIpc) is 3.31. The number of amides is 1. The molecule has 2 N–H and O–H groups in total. The molecule has 0 aliphatic heterocycles. The number of nitrogens with zero attached hydrogens (tertiary/aromatic N) is 1. The zero-order valence-electron chi connectivity index (χ0n) is 11.5. The van der Waals surface area contributed by atoms with Crippen molar-refractivity contribution in [2.75, 3.05) is 20.2 Å². The summed E-state index contributed by atoms with van der Waals surface area (Å²) < 4.78 is 4.60. The van der Waals surface area contributed by atoms with Crippen molar-refractivity contribution in [2.45, 2.75) is 19.4 Å². The molecule has 20 heavy (non-hydrogen) atoms. The van der Waals surface area contributed by atoms with Gasteiger partial charge in [-0.3, -0.25) is 9.78 Å². The molecule has 1 heterocycles. The molecule has 0 atom stereocenters. The van der Waals surface area contributed by atoms with Crippen molar-refractivity contribution in [3.63, 3.8) is 0 Å². The molecular weight excluding hydrogens is 258 g/mol. The number of hydrogen-bond donors (Lipinski definition) is 2. The second kappa shape index (κ2) is 7.00. The van der Waals surface area contributed by atoms with Gasteiger partial charge in [-0.15, -0.1) is 0 Å². The maximum absolute atomic E-state index is 11.4. The van der Waals surface area contributed by atoms with Gasteiger partial charge in [-0.1, -0.05) is 0 Å². The number of carbonyl (C=O) groups is 2. The minimum atomic E-state index is -0.389. The first kappa shape index (κ1) is 14.5. The van der Waals surface area contributed by atoms with Crippen LogP contribution in [0.3, 0.4) is 0 Å². The molecule has 1 amide bonds. The number of carbonyl (C=O) groups excluding carboxylic acids is 2. The minimum absolute atomic E-state index is 0.160. The molecule has 6 heteroatoms. The molecule has 0 saturated heterocycles. The summed E-state index contributed by atoms with van der Waals surface area (Å²) in [5.74, 6) is 0.0229. The van der Waals surface area contributed by atoms with Crippen molar-refractivity contribution in [3.8, 4) is 0 Å².